The van der Waals surface area contributed by atoms with Gasteiger partial charge in [0.25, 0.3) is 5.91 Å². The second kappa shape index (κ2) is 6.96. The second-order valence-electron chi connectivity index (χ2n) is 6.46. The lowest BCUT2D eigenvalue weighted by Crippen LogP contribution is -2.26. The highest BCUT2D eigenvalue weighted by Crippen LogP contribution is 2.37. The molecule has 0 saturated heterocycles. The first-order valence-electron chi connectivity index (χ1n) is 8.73. The van der Waals surface area contributed by atoms with Gasteiger partial charge in [-0.25, -0.2) is 4.98 Å². The maximum absolute atomic E-state index is 12.3. The van der Waals surface area contributed by atoms with Crippen LogP contribution in [0.1, 0.15) is 28.7 Å². The Morgan fingerprint density at radius 1 is 1.12 bits per heavy atom. The SMILES string of the molecule is CC1Cc2ccccc2N1c1ccc(C(=O)NCc2ccccn2)nc1. The normalized spacial score (nSPS) is 15.6. The van der Waals surface area contributed by atoms with Crippen molar-refractivity contribution >= 4 is 17.3 Å². The Morgan fingerprint density at radius 3 is 2.73 bits per heavy atom. The summed E-state index contributed by atoms with van der Waals surface area (Å²) in [7, 11) is 0. The molecule has 3 aromatic rings. The zero-order valence-corrected chi connectivity index (χ0v) is 14.6. The number of carbonyl (C=O) groups excluding carboxylic acids is 1. The molecule has 5 heteroatoms. The van der Waals surface area contributed by atoms with Crippen LogP contribution in [-0.2, 0) is 13.0 Å². The van der Waals surface area contributed by atoms with Crippen LogP contribution in [0.25, 0.3) is 0 Å². The van der Waals surface area contributed by atoms with Crippen molar-refractivity contribution in [3.8, 4) is 0 Å². The minimum Gasteiger partial charge on any atom is -0.345 e. The average Bonchev–Trinajstić information content (AvgIpc) is 3.03. The van der Waals surface area contributed by atoms with Crippen LogP contribution < -0.4 is 10.2 Å². The highest BCUT2D eigenvalue weighted by Gasteiger charge is 2.27. The summed E-state index contributed by atoms with van der Waals surface area (Å²) >= 11 is 0. The van der Waals surface area contributed by atoms with Gasteiger partial charge in [-0.15, -0.1) is 0 Å². The van der Waals surface area contributed by atoms with E-state index in [1.54, 1.807) is 18.5 Å². The van der Waals surface area contributed by atoms with Crippen molar-refractivity contribution in [1.29, 1.82) is 0 Å². The summed E-state index contributed by atoms with van der Waals surface area (Å²) in [5, 5.41) is 2.85. The highest BCUT2D eigenvalue weighted by molar-refractivity contribution is 5.92. The van der Waals surface area contributed by atoms with Gasteiger partial charge in [0.1, 0.15) is 5.69 Å². The molecular weight excluding hydrogens is 324 g/mol. The van der Waals surface area contributed by atoms with Crippen LogP contribution in [0.15, 0.2) is 67.0 Å². The van der Waals surface area contributed by atoms with E-state index in [4.69, 9.17) is 0 Å². The monoisotopic (exact) mass is 344 g/mol. The van der Waals surface area contributed by atoms with Gasteiger partial charge in [-0.1, -0.05) is 24.3 Å². The minimum atomic E-state index is -0.197. The summed E-state index contributed by atoms with van der Waals surface area (Å²) in [4.78, 5) is 23.1. The summed E-state index contributed by atoms with van der Waals surface area (Å²) in [6.07, 6.45) is 4.50. The van der Waals surface area contributed by atoms with Crippen LogP contribution in [0, 0.1) is 0 Å². The summed E-state index contributed by atoms with van der Waals surface area (Å²) in [6.45, 7) is 2.59. The predicted octanol–water partition coefficient (Wildman–Crippen LogP) is 3.49. The maximum Gasteiger partial charge on any atom is 0.270 e. The Hall–Kier alpha value is -3.21. The van der Waals surface area contributed by atoms with Gasteiger partial charge < -0.3 is 10.2 Å². The quantitative estimate of drug-likeness (QED) is 0.787. The van der Waals surface area contributed by atoms with Crippen molar-refractivity contribution in [2.24, 2.45) is 0 Å². The van der Waals surface area contributed by atoms with Crippen molar-refractivity contribution in [3.63, 3.8) is 0 Å². The van der Waals surface area contributed by atoms with Crippen LogP contribution in [0.3, 0.4) is 0 Å². The van der Waals surface area contributed by atoms with Gasteiger partial charge in [-0.05, 0) is 49.2 Å². The van der Waals surface area contributed by atoms with E-state index in [1.807, 2.05) is 24.3 Å². The largest absolute Gasteiger partial charge is 0.345 e. The van der Waals surface area contributed by atoms with Gasteiger partial charge in [0.05, 0.1) is 24.1 Å². The Labute approximate surface area is 152 Å². The molecule has 1 aliphatic heterocycles. The number of nitrogens with one attached hydrogen (secondary N) is 1. The summed E-state index contributed by atoms with van der Waals surface area (Å²) in [5.41, 5.74) is 4.79. The Morgan fingerprint density at radius 2 is 1.96 bits per heavy atom. The number of pyridine rings is 2. The molecule has 0 bridgehead atoms. The van der Waals surface area contributed by atoms with Gasteiger partial charge in [-0.3, -0.25) is 9.78 Å². The molecule has 3 heterocycles. The highest BCUT2D eigenvalue weighted by atomic mass is 16.1. The van der Waals surface area contributed by atoms with Crippen LogP contribution in [0.2, 0.25) is 0 Å². The number of carbonyl (C=O) groups is 1. The van der Waals surface area contributed by atoms with Crippen molar-refractivity contribution in [3.05, 3.63) is 83.9 Å². The number of rotatable bonds is 4. The standard InChI is InChI=1S/C21H20N4O/c1-15-12-16-6-2-3-8-20(16)25(15)18-9-10-19(23-14-18)21(26)24-13-17-7-4-5-11-22-17/h2-11,14-15H,12-13H2,1H3,(H,24,26). The van der Waals surface area contributed by atoms with Gasteiger partial charge in [0.2, 0.25) is 0 Å². The number of aromatic nitrogens is 2. The second-order valence-corrected chi connectivity index (χ2v) is 6.46. The third-order valence-corrected chi connectivity index (χ3v) is 4.62. The first-order chi connectivity index (χ1) is 12.7. The third-order valence-electron chi connectivity index (χ3n) is 4.62. The molecular formula is C21H20N4O. The first kappa shape index (κ1) is 16.3. The molecule has 1 N–H and O–H groups in total. The molecule has 26 heavy (non-hydrogen) atoms. The van der Waals surface area contributed by atoms with Gasteiger partial charge in [0.15, 0.2) is 0 Å². The first-order valence-corrected chi connectivity index (χ1v) is 8.73. The number of benzene rings is 1. The molecule has 1 aliphatic rings. The fourth-order valence-corrected chi connectivity index (χ4v) is 3.39. The molecule has 0 radical (unpaired) electrons. The third kappa shape index (κ3) is 3.16. The molecule has 2 aromatic heterocycles. The predicted molar refractivity (Wildman–Crippen MR) is 101 cm³/mol. The number of hydrogen-bond donors (Lipinski definition) is 1. The van der Waals surface area contributed by atoms with E-state index in [1.165, 1.54) is 11.3 Å². The van der Waals surface area contributed by atoms with E-state index in [9.17, 15) is 4.79 Å². The van der Waals surface area contributed by atoms with E-state index in [0.29, 0.717) is 18.3 Å². The van der Waals surface area contributed by atoms with Crippen LogP contribution in [0.4, 0.5) is 11.4 Å². The van der Waals surface area contributed by atoms with Crippen LogP contribution in [-0.4, -0.2) is 21.9 Å². The van der Waals surface area contributed by atoms with Gasteiger partial charge >= 0.3 is 0 Å². The fraction of sp³-hybridized carbons (Fsp3) is 0.190. The molecule has 0 aliphatic carbocycles. The average molecular weight is 344 g/mol. The van der Waals surface area contributed by atoms with E-state index in [0.717, 1.165) is 17.8 Å². The Balaban J connectivity index is 1.48. The number of amides is 1. The van der Waals surface area contributed by atoms with E-state index < -0.39 is 0 Å². The van der Waals surface area contributed by atoms with Gasteiger partial charge in [-0.2, -0.15) is 0 Å². The lowest BCUT2D eigenvalue weighted by molar-refractivity contribution is 0.0945. The van der Waals surface area contributed by atoms with E-state index in [2.05, 4.69) is 51.4 Å². The fourth-order valence-electron chi connectivity index (χ4n) is 3.39. The number of fused-ring (bicyclic) bond motifs is 1. The molecule has 1 amide bonds. The Bertz CT molecular complexity index is 909. The Kier molecular flexibility index (Phi) is 4.35. The summed E-state index contributed by atoms with van der Waals surface area (Å²) in [6, 6.07) is 18.2. The maximum atomic E-state index is 12.3. The number of para-hydroxylation sites is 1. The molecule has 0 spiro atoms. The summed E-state index contributed by atoms with van der Waals surface area (Å²) in [5.74, 6) is -0.197. The lowest BCUT2D eigenvalue weighted by atomic mass is 10.1. The van der Waals surface area contributed by atoms with Crippen molar-refractivity contribution in [1.82, 2.24) is 15.3 Å². The topological polar surface area (TPSA) is 58.1 Å². The number of hydrogen-bond acceptors (Lipinski definition) is 4. The summed E-state index contributed by atoms with van der Waals surface area (Å²) < 4.78 is 0. The minimum absolute atomic E-state index is 0.197. The lowest BCUT2D eigenvalue weighted by Gasteiger charge is -2.24. The molecule has 1 unspecified atom stereocenters. The molecule has 0 fully saturated rings. The zero-order valence-electron chi connectivity index (χ0n) is 14.6. The zero-order chi connectivity index (χ0) is 17.9. The molecule has 5 nitrogen and oxygen atoms in total. The van der Waals surface area contributed by atoms with Crippen molar-refractivity contribution in [2.45, 2.75) is 25.9 Å². The number of nitrogens with zero attached hydrogens (tertiary/aromatic N) is 3. The molecule has 4 rings (SSSR count). The van der Waals surface area contributed by atoms with E-state index >= 15 is 0 Å². The molecule has 130 valence electrons. The van der Waals surface area contributed by atoms with E-state index in [-0.39, 0.29) is 5.91 Å². The smallest absolute Gasteiger partial charge is 0.270 e. The molecule has 1 aromatic carbocycles. The van der Waals surface area contributed by atoms with Gasteiger partial charge in [0, 0.05) is 17.9 Å². The molecule has 1 atom stereocenters. The van der Waals surface area contributed by atoms with Crippen LogP contribution in [0.5, 0.6) is 0 Å². The van der Waals surface area contributed by atoms with Crippen molar-refractivity contribution in [2.75, 3.05) is 4.90 Å². The van der Waals surface area contributed by atoms with Crippen LogP contribution >= 0.6 is 0 Å². The molecule has 0 saturated carbocycles. The van der Waals surface area contributed by atoms with Crippen molar-refractivity contribution < 1.29 is 4.79 Å². The number of anilines is 2.